The maximum absolute atomic E-state index is 3.50. The fraction of sp³-hybridized carbons (Fsp3) is 0.833. The number of halogens is 1. The molecule has 0 saturated carbocycles. The van der Waals surface area contributed by atoms with Gasteiger partial charge in [0.25, 0.3) is 0 Å². The van der Waals surface area contributed by atoms with Gasteiger partial charge in [0.1, 0.15) is 0 Å². The summed E-state index contributed by atoms with van der Waals surface area (Å²) in [5.74, 6) is 0. The van der Waals surface area contributed by atoms with Gasteiger partial charge in [-0.15, -0.1) is 0 Å². The van der Waals surface area contributed by atoms with E-state index >= 15 is 0 Å². The number of hydrogen-bond acceptors (Lipinski definition) is 1. The molecule has 2 unspecified atom stereocenters. The molecular weight excluding hydrogens is 166 g/mol. The minimum absolute atomic E-state index is 0.596. The number of hydrogen-bond donors (Lipinski definition) is 1. The minimum atomic E-state index is 0.596. The Bertz CT molecular complexity index is 56.9. The smallest absolute Gasteiger partial charge is 0.0302 e. The van der Waals surface area contributed by atoms with E-state index in [1.165, 1.54) is 6.42 Å². The number of piperidine rings is 1. The van der Waals surface area contributed by atoms with Gasteiger partial charge in [0, 0.05) is 17.4 Å². The second kappa shape index (κ2) is 2.83. The molecule has 0 aromatic rings. The average Bonchev–Trinajstić information content (AvgIpc) is 1.77. The first-order chi connectivity index (χ1) is 3.79. The van der Waals surface area contributed by atoms with Gasteiger partial charge in [-0.05, 0) is 19.8 Å². The van der Waals surface area contributed by atoms with Crippen molar-refractivity contribution in [2.45, 2.75) is 24.2 Å². The van der Waals surface area contributed by atoms with E-state index in [-0.39, 0.29) is 0 Å². The average molecular weight is 177 g/mol. The predicted octanol–water partition coefficient (Wildman–Crippen LogP) is 1.34. The highest BCUT2D eigenvalue weighted by Gasteiger charge is 2.13. The lowest BCUT2D eigenvalue weighted by molar-refractivity contribution is 0.498. The van der Waals surface area contributed by atoms with Crippen LogP contribution in [0.5, 0.6) is 0 Å². The van der Waals surface area contributed by atoms with Crippen molar-refractivity contribution in [1.82, 2.24) is 5.32 Å². The van der Waals surface area contributed by atoms with Crippen molar-refractivity contribution in [3.8, 4) is 0 Å². The molecule has 0 spiro atoms. The highest BCUT2D eigenvalue weighted by atomic mass is 79.9. The second-order valence-electron chi connectivity index (χ2n) is 2.30. The molecule has 1 rings (SSSR count). The Hall–Kier alpha value is 0.440. The molecule has 1 aliphatic heterocycles. The summed E-state index contributed by atoms with van der Waals surface area (Å²) in [6.07, 6.45) is 3.50. The fourth-order valence-electron chi connectivity index (χ4n) is 0.832. The first kappa shape index (κ1) is 6.56. The molecule has 1 radical (unpaired) electrons. The molecule has 0 amide bonds. The van der Waals surface area contributed by atoms with E-state index < -0.39 is 0 Å². The molecule has 1 nitrogen and oxygen atoms in total. The maximum Gasteiger partial charge on any atom is 0.0302 e. The molecule has 0 aromatic carbocycles. The van der Waals surface area contributed by atoms with Crippen molar-refractivity contribution >= 4 is 15.9 Å². The summed E-state index contributed by atoms with van der Waals surface area (Å²) >= 11 is 3.50. The molecule has 2 heteroatoms. The Labute approximate surface area is 59.0 Å². The van der Waals surface area contributed by atoms with Crippen LogP contribution in [0.4, 0.5) is 0 Å². The quantitative estimate of drug-likeness (QED) is 0.550. The van der Waals surface area contributed by atoms with Crippen LogP contribution in [0.1, 0.15) is 13.3 Å². The van der Waals surface area contributed by atoms with E-state index in [0.29, 0.717) is 10.9 Å². The summed E-state index contributed by atoms with van der Waals surface area (Å²) in [7, 11) is 0. The monoisotopic (exact) mass is 176 g/mol. The summed E-state index contributed by atoms with van der Waals surface area (Å²) in [6.45, 7) is 3.29. The first-order valence-corrected chi connectivity index (χ1v) is 3.91. The first-order valence-electron chi connectivity index (χ1n) is 3.00. The Kier molecular flexibility index (Phi) is 2.32. The van der Waals surface area contributed by atoms with Gasteiger partial charge in [-0.25, -0.2) is 0 Å². The van der Waals surface area contributed by atoms with E-state index in [0.717, 1.165) is 6.54 Å². The van der Waals surface area contributed by atoms with E-state index in [2.05, 4.69) is 34.6 Å². The summed E-state index contributed by atoms with van der Waals surface area (Å²) in [5, 5.41) is 3.35. The molecule has 1 saturated heterocycles. The van der Waals surface area contributed by atoms with Crippen molar-refractivity contribution in [1.29, 1.82) is 0 Å². The summed E-state index contributed by atoms with van der Waals surface area (Å²) in [5.41, 5.74) is 0. The molecule has 1 fully saturated rings. The Morgan fingerprint density at radius 1 is 1.75 bits per heavy atom. The molecule has 1 N–H and O–H groups in total. The predicted molar refractivity (Wildman–Crippen MR) is 39.1 cm³/mol. The van der Waals surface area contributed by atoms with Crippen molar-refractivity contribution in [2.24, 2.45) is 0 Å². The SMILES string of the molecule is CC1C[CH]C(Br)CN1. The standard InChI is InChI=1S/C6H11BrN/c1-5-2-3-6(7)4-8-5/h3,5-6,8H,2,4H2,1H3. The van der Waals surface area contributed by atoms with Gasteiger partial charge in [-0.1, -0.05) is 15.9 Å². The van der Waals surface area contributed by atoms with Crippen molar-refractivity contribution in [3.05, 3.63) is 6.42 Å². The van der Waals surface area contributed by atoms with Crippen LogP contribution in [0, 0.1) is 6.42 Å². The van der Waals surface area contributed by atoms with E-state index in [9.17, 15) is 0 Å². The highest BCUT2D eigenvalue weighted by molar-refractivity contribution is 9.09. The molecule has 1 heterocycles. The van der Waals surface area contributed by atoms with Crippen LogP contribution in [-0.4, -0.2) is 17.4 Å². The zero-order valence-electron chi connectivity index (χ0n) is 5.02. The van der Waals surface area contributed by atoms with Gasteiger partial charge in [-0.3, -0.25) is 0 Å². The van der Waals surface area contributed by atoms with E-state index in [1.54, 1.807) is 0 Å². The minimum Gasteiger partial charge on any atom is -0.313 e. The third kappa shape index (κ3) is 1.75. The Morgan fingerprint density at radius 2 is 2.50 bits per heavy atom. The zero-order valence-corrected chi connectivity index (χ0v) is 6.61. The van der Waals surface area contributed by atoms with E-state index in [1.807, 2.05) is 0 Å². The highest BCUT2D eigenvalue weighted by Crippen LogP contribution is 2.12. The van der Waals surface area contributed by atoms with Crippen LogP contribution in [0.15, 0.2) is 0 Å². The maximum atomic E-state index is 3.50. The summed E-state index contributed by atoms with van der Waals surface area (Å²) in [4.78, 5) is 0.596. The molecule has 8 heavy (non-hydrogen) atoms. The molecule has 0 aromatic heterocycles. The van der Waals surface area contributed by atoms with Gasteiger partial charge in [0.15, 0.2) is 0 Å². The second-order valence-corrected chi connectivity index (χ2v) is 3.47. The molecule has 1 aliphatic rings. The van der Waals surface area contributed by atoms with E-state index in [4.69, 9.17) is 0 Å². The van der Waals surface area contributed by atoms with Gasteiger partial charge < -0.3 is 5.32 Å². The lowest BCUT2D eigenvalue weighted by atomic mass is 10.1. The molecule has 2 atom stereocenters. The lowest BCUT2D eigenvalue weighted by Crippen LogP contribution is -2.37. The van der Waals surface area contributed by atoms with Crippen LogP contribution in [0.25, 0.3) is 0 Å². The molecular formula is C6H11BrN. The van der Waals surface area contributed by atoms with Crippen molar-refractivity contribution < 1.29 is 0 Å². The lowest BCUT2D eigenvalue weighted by Gasteiger charge is -2.22. The number of nitrogens with one attached hydrogen (secondary N) is 1. The van der Waals surface area contributed by atoms with Crippen molar-refractivity contribution in [2.75, 3.05) is 6.54 Å². The molecule has 47 valence electrons. The number of rotatable bonds is 0. The summed E-state index contributed by atoms with van der Waals surface area (Å²) < 4.78 is 0. The molecule has 0 bridgehead atoms. The Balaban J connectivity index is 2.19. The summed E-state index contributed by atoms with van der Waals surface area (Å²) in [6, 6.07) is 0.684. The van der Waals surface area contributed by atoms with Gasteiger partial charge in [-0.2, -0.15) is 0 Å². The van der Waals surface area contributed by atoms with Gasteiger partial charge in [0.05, 0.1) is 0 Å². The Morgan fingerprint density at radius 3 is 2.88 bits per heavy atom. The third-order valence-corrected chi connectivity index (χ3v) is 2.10. The molecule has 0 aliphatic carbocycles. The van der Waals surface area contributed by atoms with Crippen LogP contribution in [0.3, 0.4) is 0 Å². The van der Waals surface area contributed by atoms with Crippen LogP contribution >= 0.6 is 15.9 Å². The van der Waals surface area contributed by atoms with Gasteiger partial charge in [0.2, 0.25) is 0 Å². The third-order valence-electron chi connectivity index (χ3n) is 1.41. The van der Waals surface area contributed by atoms with Crippen LogP contribution < -0.4 is 5.32 Å². The van der Waals surface area contributed by atoms with Crippen LogP contribution in [-0.2, 0) is 0 Å². The van der Waals surface area contributed by atoms with Gasteiger partial charge >= 0.3 is 0 Å². The largest absolute Gasteiger partial charge is 0.313 e. The zero-order chi connectivity index (χ0) is 5.98. The van der Waals surface area contributed by atoms with Crippen molar-refractivity contribution in [3.63, 3.8) is 0 Å². The number of alkyl halides is 1. The van der Waals surface area contributed by atoms with Crippen LogP contribution in [0.2, 0.25) is 0 Å². The fourth-order valence-corrected chi connectivity index (χ4v) is 1.23. The topological polar surface area (TPSA) is 12.0 Å². The normalized spacial score (nSPS) is 39.8.